The van der Waals surface area contributed by atoms with Gasteiger partial charge in [-0.15, -0.1) is 0 Å². The molecule has 2 aromatic carbocycles. The molecule has 3 heterocycles. The molecule has 2 aliphatic heterocycles. The van der Waals surface area contributed by atoms with Gasteiger partial charge in [-0.25, -0.2) is 4.39 Å². The number of likely N-dealkylation sites (tertiary alicyclic amines) is 1. The summed E-state index contributed by atoms with van der Waals surface area (Å²) in [5, 5.41) is 4.49. The van der Waals surface area contributed by atoms with Gasteiger partial charge in [0.15, 0.2) is 0 Å². The summed E-state index contributed by atoms with van der Waals surface area (Å²) < 4.78 is 20.7. The predicted octanol–water partition coefficient (Wildman–Crippen LogP) is 5.04. The van der Waals surface area contributed by atoms with E-state index < -0.39 is 0 Å². The molecule has 0 amide bonds. The van der Waals surface area contributed by atoms with Gasteiger partial charge in [-0.05, 0) is 68.7 Å². The Hall–Kier alpha value is -2.96. The molecule has 1 aromatic heterocycles. The SMILES string of the molecule is Cc1ccc2c(OCCN3CCC(=Cc4ccc(F)c(N5CCNC(C)C5)c4)CC3)cccc2n1. The number of aromatic nitrogens is 1. The zero-order valence-electron chi connectivity index (χ0n) is 20.8. The monoisotopic (exact) mass is 474 g/mol. The molecule has 0 radical (unpaired) electrons. The molecule has 0 bridgehead atoms. The lowest BCUT2D eigenvalue weighted by Crippen LogP contribution is -2.49. The van der Waals surface area contributed by atoms with Gasteiger partial charge in [-0.2, -0.15) is 0 Å². The van der Waals surface area contributed by atoms with Crippen LogP contribution in [0.15, 0.2) is 54.1 Å². The van der Waals surface area contributed by atoms with Crippen LogP contribution in [0.2, 0.25) is 0 Å². The van der Waals surface area contributed by atoms with Crippen LogP contribution in [0.5, 0.6) is 5.75 Å². The van der Waals surface area contributed by atoms with Crippen molar-refractivity contribution in [2.45, 2.75) is 32.7 Å². The number of halogens is 1. The highest BCUT2D eigenvalue weighted by Crippen LogP contribution is 2.27. The molecule has 0 saturated carbocycles. The van der Waals surface area contributed by atoms with E-state index in [2.05, 4.69) is 39.2 Å². The van der Waals surface area contributed by atoms with E-state index in [4.69, 9.17) is 4.74 Å². The van der Waals surface area contributed by atoms with Gasteiger partial charge in [0.2, 0.25) is 0 Å². The highest BCUT2D eigenvalue weighted by Gasteiger charge is 2.19. The Morgan fingerprint density at radius 1 is 1.11 bits per heavy atom. The molecular weight excluding hydrogens is 439 g/mol. The fourth-order valence-electron chi connectivity index (χ4n) is 5.10. The van der Waals surface area contributed by atoms with Crippen LogP contribution >= 0.6 is 0 Å². The lowest BCUT2D eigenvalue weighted by atomic mass is 10.0. The summed E-state index contributed by atoms with van der Waals surface area (Å²) >= 11 is 0. The number of pyridine rings is 1. The minimum absolute atomic E-state index is 0.131. The Morgan fingerprint density at radius 2 is 1.97 bits per heavy atom. The van der Waals surface area contributed by atoms with E-state index in [0.29, 0.717) is 12.6 Å². The minimum Gasteiger partial charge on any atom is -0.492 e. The molecule has 1 unspecified atom stereocenters. The predicted molar refractivity (Wildman–Crippen MR) is 142 cm³/mol. The van der Waals surface area contributed by atoms with Crippen molar-refractivity contribution < 1.29 is 9.13 Å². The highest BCUT2D eigenvalue weighted by molar-refractivity contribution is 5.85. The second-order valence-corrected chi connectivity index (χ2v) is 9.78. The molecule has 6 heteroatoms. The number of hydrogen-bond donors (Lipinski definition) is 1. The number of hydrogen-bond acceptors (Lipinski definition) is 5. The van der Waals surface area contributed by atoms with Crippen molar-refractivity contribution in [2.75, 3.05) is 50.8 Å². The first-order valence-electron chi connectivity index (χ1n) is 12.7. The van der Waals surface area contributed by atoms with E-state index in [-0.39, 0.29) is 5.82 Å². The Bertz CT molecular complexity index is 1200. The summed E-state index contributed by atoms with van der Waals surface area (Å²) in [4.78, 5) is 9.22. The summed E-state index contributed by atoms with van der Waals surface area (Å²) in [6.45, 7) is 10.3. The molecule has 0 spiro atoms. The lowest BCUT2D eigenvalue weighted by molar-refractivity contribution is 0.200. The molecule has 2 aliphatic rings. The van der Waals surface area contributed by atoms with Crippen LogP contribution in [0, 0.1) is 12.7 Å². The van der Waals surface area contributed by atoms with Gasteiger partial charge in [0, 0.05) is 56.4 Å². The van der Waals surface area contributed by atoms with Gasteiger partial charge < -0.3 is 15.0 Å². The number of nitrogens with zero attached hydrogens (tertiary/aromatic N) is 3. The molecule has 2 fully saturated rings. The normalized spacial score (nSPS) is 19.2. The van der Waals surface area contributed by atoms with E-state index >= 15 is 0 Å². The Morgan fingerprint density at radius 3 is 2.80 bits per heavy atom. The molecule has 1 N–H and O–H groups in total. The van der Waals surface area contributed by atoms with Crippen molar-refractivity contribution in [3.8, 4) is 5.75 Å². The van der Waals surface area contributed by atoms with Gasteiger partial charge in [0.1, 0.15) is 18.2 Å². The van der Waals surface area contributed by atoms with E-state index in [1.807, 2.05) is 43.3 Å². The smallest absolute Gasteiger partial charge is 0.146 e. The Balaban J connectivity index is 1.15. The molecule has 184 valence electrons. The largest absolute Gasteiger partial charge is 0.492 e. The average molecular weight is 475 g/mol. The second-order valence-electron chi connectivity index (χ2n) is 9.78. The number of piperidine rings is 1. The summed E-state index contributed by atoms with van der Waals surface area (Å²) in [6.07, 6.45) is 4.33. The lowest BCUT2D eigenvalue weighted by Gasteiger charge is -2.34. The zero-order valence-corrected chi connectivity index (χ0v) is 20.8. The van der Waals surface area contributed by atoms with Crippen LogP contribution in [-0.4, -0.2) is 61.8 Å². The molecule has 35 heavy (non-hydrogen) atoms. The van der Waals surface area contributed by atoms with Crippen molar-refractivity contribution in [3.05, 3.63) is 71.2 Å². The maximum Gasteiger partial charge on any atom is 0.146 e. The van der Waals surface area contributed by atoms with Crippen LogP contribution in [0.4, 0.5) is 10.1 Å². The molecule has 2 saturated heterocycles. The third-order valence-electron chi connectivity index (χ3n) is 7.04. The molecule has 1 atom stereocenters. The summed E-state index contributed by atoms with van der Waals surface area (Å²) in [7, 11) is 0. The highest BCUT2D eigenvalue weighted by atomic mass is 19.1. The maximum atomic E-state index is 14.6. The van der Waals surface area contributed by atoms with Gasteiger partial charge in [0.05, 0.1) is 11.2 Å². The molecule has 5 nitrogen and oxygen atoms in total. The van der Waals surface area contributed by atoms with E-state index in [9.17, 15) is 4.39 Å². The molecule has 3 aromatic rings. The van der Waals surface area contributed by atoms with Gasteiger partial charge >= 0.3 is 0 Å². The number of aryl methyl sites for hydroxylation is 1. The van der Waals surface area contributed by atoms with Gasteiger partial charge in [-0.3, -0.25) is 9.88 Å². The number of rotatable bonds is 6. The number of fused-ring (bicyclic) bond motifs is 1. The fourth-order valence-corrected chi connectivity index (χ4v) is 5.10. The first-order chi connectivity index (χ1) is 17.0. The molecule has 0 aliphatic carbocycles. The second kappa shape index (κ2) is 10.8. The van der Waals surface area contributed by atoms with Crippen LogP contribution < -0.4 is 15.0 Å². The minimum atomic E-state index is -0.131. The quantitative estimate of drug-likeness (QED) is 0.542. The third-order valence-corrected chi connectivity index (χ3v) is 7.04. The number of anilines is 1. The van der Waals surface area contributed by atoms with Crippen molar-refractivity contribution >= 4 is 22.7 Å². The Kier molecular flexibility index (Phi) is 7.30. The van der Waals surface area contributed by atoms with Crippen LogP contribution in [0.1, 0.15) is 31.0 Å². The van der Waals surface area contributed by atoms with Crippen molar-refractivity contribution in [1.29, 1.82) is 0 Å². The maximum absolute atomic E-state index is 14.6. The van der Waals surface area contributed by atoms with E-state index in [1.54, 1.807) is 6.07 Å². The molecule has 5 rings (SSSR count). The van der Waals surface area contributed by atoms with Crippen molar-refractivity contribution in [3.63, 3.8) is 0 Å². The number of benzene rings is 2. The van der Waals surface area contributed by atoms with Crippen LogP contribution in [-0.2, 0) is 0 Å². The zero-order chi connectivity index (χ0) is 24.2. The summed E-state index contributed by atoms with van der Waals surface area (Å²) in [5.74, 6) is 0.770. The van der Waals surface area contributed by atoms with Crippen LogP contribution in [0.25, 0.3) is 17.0 Å². The van der Waals surface area contributed by atoms with E-state index in [0.717, 1.165) is 85.7 Å². The summed E-state index contributed by atoms with van der Waals surface area (Å²) in [5.41, 5.74) is 5.25. The number of ether oxygens (including phenoxy) is 1. The van der Waals surface area contributed by atoms with Crippen LogP contribution in [0.3, 0.4) is 0 Å². The van der Waals surface area contributed by atoms with Gasteiger partial charge in [0.25, 0.3) is 0 Å². The Labute approximate surface area is 207 Å². The third kappa shape index (κ3) is 5.82. The first-order valence-corrected chi connectivity index (χ1v) is 12.7. The average Bonchev–Trinajstić information content (AvgIpc) is 2.86. The van der Waals surface area contributed by atoms with Crippen molar-refractivity contribution in [2.24, 2.45) is 0 Å². The number of piperazine rings is 1. The van der Waals surface area contributed by atoms with Crippen molar-refractivity contribution in [1.82, 2.24) is 15.2 Å². The summed E-state index contributed by atoms with van der Waals surface area (Å²) in [6, 6.07) is 16.1. The standard InChI is InChI=1S/C29H35FN4O/c1-21-6-8-25-27(32-21)4-3-5-29(25)35-17-16-33-13-10-23(11-14-33)18-24-7-9-26(30)28(19-24)34-15-12-31-22(2)20-34/h3-9,18-19,22,31H,10-17,20H2,1-2H3. The molecular formula is C29H35FN4O. The number of nitrogens with one attached hydrogen (secondary N) is 1. The van der Waals surface area contributed by atoms with Gasteiger partial charge in [-0.1, -0.05) is 23.8 Å². The first kappa shape index (κ1) is 23.8. The van der Waals surface area contributed by atoms with E-state index in [1.165, 1.54) is 5.57 Å². The topological polar surface area (TPSA) is 40.6 Å². The fraction of sp³-hybridized carbons (Fsp3) is 0.414.